The zero-order chi connectivity index (χ0) is 16.0. The van der Waals surface area contributed by atoms with Gasteiger partial charge in [0.25, 0.3) is 5.56 Å². The highest BCUT2D eigenvalue weighted by Gasteiger charge is 2.24. The number of nitrogens with one attached hydrogen (secondary N) is 1. The number of halogens is 1. The summed E-state index contributed by atoms with van der Waals surface area (Å²) in [5, 5.41) is 8.25. The van der Waals surface area contributed by atoms with Crippen LogP contribution in [0.5, 0.6) is 0 Å². The number of fused-ring (bicyclic) bond motifs is 2. The summed E-state index contributed by atoms with van der Waals surface area (Å²) in [6.45, 7) is 1.96. The van der Waals surface area contributed by atoms with Crippen molar-refractivity contribution in [2.75, 3.05) is 5.32 Å². The number of benzene rings is 1. The Morgan fingerprint density at radius 1 is 1.43 bits per heavy atom. The highest BCUT2D eigenvalue weighted by Crippen LogP contribution is 2.35. The van der Waals surface area contributed by atoms with Crippen molar-refractivity contribution in [3.05, 3.63) is 57.3 Å². The quantitative estimate of drug-likeness (QED) is 0.802. The first-order chi connectivity index (χ1) is 11.1. The van der Waals surface area contributed by atoms with E-state index in [9.17, 15) is 9.18 Å². The second-order valence-electron chi connectivity index (χ2n) is 5.62. The molecule has 0 aliphatic heterocycles. The molecule has 0 saturated carbocycles. The molecule has 0 bridgehead atoms. The second-order valence-corrected chi connectivity index (χ2v) is 6.58. The van der Waals surface area contributed by atoms with Crippen LogP contribution in [0.15, 0.2) is 29.1 Å². The van der Waals surface area contributed by atoms with Crippen molar-refractivity contribution in [3.8, 4) is 0 Å². The molecule has 118 valence electrons. The lowest BCUT2D eigenvalue weighted by atomic mass is 10.1. The van der Waals surface area contributed by atoms with Gasteiger partial charge in [0.05, 0.1) is 6.04 Å². The first-order valence-corrected chi connectivity index (χ1v) is 8.40. The van der Waals surface area contributed by atoms with Gasteiger partial charge in [-0.15, -0.1) is 5.10 Å². The predicted octanol–water partition coefficient (Wildman–Crippen LogP) is 2.95. The third-order valence-electron chi connectivity index (χ3n) is 4.14. The summed E-state index contributed by atoms with van der Waals surface area (Å²) in [4.78, 5) is 17.0. The van der Waals surface area contributed by atoms with E-state index in [1.807, 2.05) is 13.0 Å². The van der Waals surface area contributed by atoms with Gasteiger partial charge in [-0.1, -0.05) is 24.3 Å². The molecular formula is C16H15FN4OS. The molecule has 23 heavy (non-hydrogen) atoms. The molecule has 2 heterocycles. The number of anilines is 1. The largest absolute Gasteiger partial charge is 0.353 e. The summed E-state index contributed by atoms with van der Waals surface area (Å²) in [6, 6.07) is 6.44. The molecule has 0 radical (unpaired) electrons. The minimum atomic E-state index is -0.229. The minimum Gasteiger partial charge on any atom is -0.353 e. The Bertz CT molecular complexity index is 949. The van der Waals surface area contributed by atoms with E-state index in [1.165, 1.54) is 28.0 Å². The van der Waals surface area contributed by atoms with Crippen LogP contribution in [0.25, 0.3) is 4.96 Å². The first-order valence-electron chi connectivity index (χ1n) is 7.58. The standard InChI is InChI=1S/C16H15FN4OS/c1-2-11-8-14(22)21-16(18-11)23-15(20-21)19-13-6-4-9-3-5-10(17)7-12(9)13/h3,5,7-8,13H,2,4,6H2,1H3,(H,19,20). The molecule has 4 rings (SSSR count). The minimum absolute atomic E-state index is 0.0163. The third kappa shape index (κ3) is 2.50. The van der Waals surface area contributed by atoms with Gasteiger partial charge in [-0.2, -0.15) is 4.52 Å². The van der Waals surface area contributed by atoms with Crippen molar-refractivity contribution < 1.29 is 4.39 Å². The van der Waals surface area contributed by atoms with Crippen LogP contribution in [-0.2, 0) is 12.8 Å². The Balaban J connectivity index is 1.68. The SMILES string of the molecule is CCc1cc(=O)n2nc(NC3CCc4ccc(F)cc43)sc2n1. The number of aromatic nitrogens is 3. The average molecular weight is 330 g/mol. The lowest BCUT2D eigenvalue weighted by molar-refractivity contribution is 0.624. The molecular weight excluding hydrogens is 315 g/mol. The van der Waals surface area contributed by atoms with Gasteiger partial charge in [-0.3, -0.25) is 4.79 Å². The van der Waals surface area contributed by atoms with Crippen molar-refractivity contribution in [3.63, 3.8) is 0 Å². The molecule has 7 heteroatoms. The van der Waals surface area contributed by atoms with Crippen molar-refractivity contribution >= 4 is 21.4 Å². The number of hydrogen-bond donors (Lipinski definition) is 1. The molecule has 0 saturated heterocycles. The van der Waals surface area contributed by atoms with E-state index in [0.29, 0.717) is 16.5 Å². The molecule has 5 nitrogen and oxygen atoms in total. The summed E-state index contributed by atoms with van der Waals surface area (Å²) in [5.41, 5.74) is 2.72. The van der Waals surface area contributed by atoms with Gasteiger partial charge < -0.3 is 5.32 Å². The van der Waals surface area contributed by atoms with Crippen LogP contribution in [0.2, 0.25) is 0 Å². The molecule has 1 atom stereocenters. The third-order valence-corrected chi connectivity index (χ3v) is 4.98. The van der Waals surface area contributed by atoms with Crippen molar-refractivity contribution in [2.24, 2.45) is 0 Å². The van der Waals surface area contributed by atoms with E-state index in [2.05, 4.69) is 15.4 Å². The van der Waals surface area contributed by atoms with E-state index in [0.717, 1.165) is 29.7 Å². The van der Waals surface area contributed by atoms with Crippen LogP contribution in [0.1, 0.15) is 36.2 Å². The predicted molar refractivity (Wildman–Crippen MR) is 87.6 cm³/mol. The number of rotatable bonds is 3. The zero-order valence-electron chi connectivity index (χ0n) is 12.5. The zero-order valence-corrected chi connectivity index (χ0v) is 13.4. The lowest BCUT2D eigenvalue weighted by Gasteiger charge is -2.12. The highest BCUT2D eigenvalue weighted by atomic mass is 32.1. The van der Waals surface area contributed by atoms with Gasteiger partial charge in [0.1, 0.15) is 5.82 Å². The Kier molecular flexibility index (Phi) is 3.37. The van der Waals surface area contributed by atoms with Gasteiger partial charge in [0.2, 0.25) is 10.1 Å². The first kappa shape index (κ1) is 14.3. The number of hydrogen-bond acceptors (Lipinski definition) is 5. The summed E-state index contributed by atoms with van der Waals surface area (Å²) >= 11 is 1.34. The monoisotopic (exact) mass is 330 g/mol. The molecule has 1 N–H and O–H groups in total. The molecule has 0 amide bonds. The van der Waals surface area contributed by atoms with Crippen molar-refractivity contribution in [1.29, 1.82) is 0 Å². The smallest absolute Gasteiger partial charge is 0.275 e. The lowest BCUT2D eigenvalue weighted by Crippen LogP contribution is -2.15. The van der Waals surface area contributed by atoms with Crippen LogP contribution in [0.4, 0.5) is 9.52 Å². The Labute approximate surface area is 135 Å². The summed E-state index contributed by atoms with van der Waals surface area (Å²) in [7, 11) is 0. The van der Waals surface area contributed by atoms with E-state index in [4.69, 9.17) is 0 Å². The fourth-order valence-corrected chi connectivity index (χ4v) is 3.84. The molecule has 2 aromatic heterocycles. The average Bonchev–Trinajstić information content (AvgIpc) is 3.12. The summed E-state index contributed by atoms with van der Waals surface area (Å²) in [6.07, 6.45) is 2.51. The van der Waals surface area contributed by atoms with Gasteiger partial charge in [-0.25, -0.2) is 9.37 Å². The maximum atomic E-state index is 13.5. The molecule has 0 fully saturated rings. The topological polar surface area (TPSA) is 59.3 Å². The van der Waals surface area contributed by atoms with Crippen LogP contribution in [0, 0.1) is 5.82 Å². The van der Waals surface area contributed by atoms with E-state index in [1.54, 1.807) is 6.07 Å². The van der Waals surface area contributed by atoms with Crippen LogP contribution < -0.4 is 10.9 Å². The van der Waals surface area contributed by atoms with Gasteiger partial charge >= 0.3 is 0 Å². The van der Waals surface area contributed by atoms with Gasteiger partial charge in [0.15, 0.2) is 0 Å². The Hall–Kier alpha value is -2.28. The molecule has 1 aromatic carbocycles. The normalized spacial score (nSPS) is 16.7. The number of nitrogens with zero attached hydrogens (tertiary/aromatic N) is 3. The van der Waals surface area contributed by atoms with E-state index < -0.39 is 0 Å². The molecule has 1 aliphatic rings. The fourth-order valence-electron chi connectivity index (χ4n) is 2.97. The van der Waals surface area contributed by atoms with Gasteiger partial charge in [-0.05, 0) is 42.5 Å². The van der Waals surface area contributed by atoms with Crippen molar-refractivity contribution in [2.45, 2.75) is 32.2 Å². The van der Waals surface area contributed by atoms with Crippen LogP contribution >= 0.6 is 11.3 Å². The highest BCUT2D eigenvalue weighted by molar-refractivity contribution is 7.20. The van der Waals surface area contributed by atoms with Crippen LogP contribution in [0.3, 0.4) is 0 Å². The molecule has 1 unspecified atom stereocenters. The maximum absolute atomic E-state index is 13.5. The fraction of sp³-hybridized carbons (Fsp3) is 0.312. The molecule has 1 aliphatic carbocycles. The van der Waals surface area contributed by atoms with Gasteiger partial charge in [0, 0.05) is 11.8 Å². The Morgan fingerprint density at radius 2 is 2.30 bits per heavy atom. The van der Waals surface area contributed by atoms with E-state index in [-0.39, 0.29) is 17.4 Å². The van der Waals surface area contributed by atoms with Crippen LogP contribution in [-0.4, -0.2) is 14.6 Å². The summed E-state index contributed by atoms with van der Waals surface area (Å²) < 4.78 is 14.8. The molecule has 0 spiro atoms. The molecule has 3 aromatic rings. The van der Waals surface area contributed by atoms with Crippen molar-refractivity contribution in [1.82, 2.24) is 14.6 Å². The van der Waals surface area contributed by atoms with E-state index >= 15 is 0 Å². The second kappa shape index (κ2) is 5.42. The Morgan fingerprint density at radius 3 is 3.13 bits per heavy atom. The number of aryl methyl sites for hydroxylation is 2. The summed E-state index contributed by atoms with van der Waals surface area (Å²) in [5.74, 6) is -0.229. The maximum Gasteiger partial charge on any atom is 0.275 e.